The molecule has 3 aromatic rings. The van der Waals surface area contributed by atoms with Crippen molar-refractivity contribution in [2.45, 2.75) is 38.5 Å². The monoisotopic (exact) mass is 420 g/mol. The first-order valence-corrected chi connectivity index (χ1v) is 10.4. The van der Waals surface area contributed by atoms with E-state index in [2.05, 4.69) is 10.3 Å². The summed E-state index contributed by atoms with van der Waals surface area (Å²) in [6, 6.07) is 11.7. The van der Waals surface area contributed by atoms with Gasteiger partial charge in [0.25, 0.3) is 0 Å². The summed E-state index contributed by atoms with van der Waals surface area (Å²) in [7, 11) is 1.56. The molecule has 0 radical (unpaired) electrons. The van der Waals surface area contributed by atoms with Gasteiger partial charge in [0.2, 0.25) is 0 Å². The average Bonchev–Trinajstić information content (AvgIpc) is 3.27. The Kier molecular flexibility index (Phi) is 6.11. The molecule has 7 nitrogen and oxygen atoms in total. The van der Waals surface area contributed by atoms with Crippen LogP contribution < -0.4 is 4.74 Å². The maximum absolute atomic E-state index is 13.5. The zero-order chi connectivity index (χ0) is 21.8. The summed E-state index contributed by atoms with van der Waals surface area (Å²) >= 11 is 0. The van der Waals surface area contributed by atoms with Crippen molar-refractivity contribution in [3.8, 4) is 5.75 Å². The molecular formula is C24H24N2O5. The van der Waals surface area contributed by atoms with Crippen LogP contribution in [0.15, 0.2) is 52.7 Å². The van der Waals surface area contributed by atoms with Gasteiger partial charge in [-0.2, -0.15) is 0 Å². The van der Waals surface area contributed by atoms with E-state index in [0.29, 0.717) is 39.9 Å². The van der Waals surface area contributed by atoms with Crippen molar-refractivity contribution in [2.24, 2.45) is 5.92 Å². The van der Waals surface area contributed by atoms with E-state index in [1.807, 2.05) is 0 Å². The molecule has 0 saturated heterocycles. The Morgan fingerprint density at radius 2 is 1.68 bits per heavy atom. The Morgan fingerprint density at radius 3 is 2.35 bits per heavy atom. The van der Waals surface area contributed by atoms with Gasteiger partial charge >= 0.3 is 5.97 Å². The topological polar surface area (TPSA) is 103 Å². The number of ketones is 1. The number of fused-ring (bicyclic) bond motifs is 1. The first-order valence-electron chi connectivity index (χ1n) is 10.4. The maximum atomic E-state index is 13.5. The number of hydrogen-bond donors (Lipinski definition) is 1. The third-order valence-corrected chi connectivity index (χ3v) is 5.90. The molecule has 1 aliphatic rings. The van der Waals surface area contributed by atoms with Gasteiger partial charge in [0.15, 0.2) is 5.78 Å². The Morgan fingerprint density at radius 1 is 1.00 bits per heavy atom. The fourth-order valence-electron chi connectivity index (χ4n) is 4.27. The van der Waals surface area contributed by atoms with Crippen molar-refractivity contribution in [3.05, 3.63) is 59.2 Å². The predicted molar refractivity (Wildman–Crippen MR) is 115 cm³/mol. The summed E-state index contributed by atoms with van der Waals surface area (Å²) in [5.74, 6) is -0.484. The molecule has 1 saturated carbocycles. The molecule has 1 N–H and O–H groups in total. The molecule has 4 rings (SSSR count). The second-order valence-electron chi connectivity index (χ2n) is 7.89. The van der Waals surface area contributed by atoms with Crippen LogP contribution in [0.25, 0.3) is 16.6 Å². The highest BCUT2D eigenvalue weighted by Crippen LogP contribution is 2.34. The van der Waals surface area contributed by atoms with Crippen LogP contribution in [0.3, 0.4) is 0 Å². The summed E-state index contributed by atoms with van der Waals surface area (Å²) in [4.78, 5) is 25.9. The molecule has 0 aliphatic heterocycles. The molecule has 31 heavy (non-hydrogen) atoms. The first-order chi connectivity index (χ1) is 15.1. The zero-order valence-corrected chi connectivity index (χ0v) is 17.3. The predicted octanol–water partition coefficient (Wildman–Crippen LogP) is 4.92. The number of nitrogens with zero attached hydrogens (tertiary/aromatic N) is 2. The lowest BCUT2D eigenvalue weighted by Crippen LogP contribution is -2.16. The number of aliphatic carboxylic acids is 1. The minimum Gasteiger partial charge on any atom is -0.497 e. The van der Waals surface area contributed by atoms with Gasteiger partial charge in [-0.1, -0.05) is 38.2 Å². The number of rotatable bonds is 7. The molecule has 1 fully saturated rings. The number of methoxy groups -OCH3 is 1. The molecule has 1 heterocycles. The largest absolute Gasteiger partial charge is 0.497 e. The molecule has 0 bridgehead atoms. The van der Waals surface area contributed by atoms with Crippen LogP contribution in [0.2, 0.25) is 0 Å². The SMILES string of the molecule is COc1ccc(C(=O)/C(CC2CCCCC2)=C(/C(=O)O)c2ccc3nonc3c2)cc1. The van der Waals surface area contributed by atoms with Crippen LogP contribution in [0, 0.1) is 5.92 Å². The number of allylic oxidation sites excluding steroid dienone is 1. The number of hydrogen-bond acceptors (Lipinski definition) is 6. The summed E-state index contributed by atoms with van der Waals surface area (Å²) in [6.45, 7) is 0. The summed E-state index contributed by atoms with van der Waals surface area (Å²) < 4.78 is 9.92. The van der Waals surface area contributed by atoms with E-state index >= 15 is 0 Å². The lowest BCUT2D eigenvalue weighted by Gasteiger charge is -2.23. The van der Waals surface area contributed by atoms with E-state index in [-0.39, 0.29) is 17.3 Å². The molecule has 7 heteroatoms. The van der Waals surface area contributed by atoms with E-state index in [9.17, 15) is 14.7 Å². The number of carboxylic acid groups (broad SMARTS) is 1. The lowest BCUT2D eigenvalue weighted by molar-refractivity contribution is -0.130. The molecule has 0 atom stereocenters. The molecule has 0 unspecified atom stereocenters. The van der Waals surface area contributed by atoms with Gasteiger partial charge in [0.1, 0.15) is 16.8 Å². The van der Waals surface area contributed by atoms with E-state index in [4.69, 9.17) is 9.37 Å². The molecule has 1 aromatic heterocycles. The van der Waals surface area contributed by atoms with Gasteiger partial charge in [-0.25, -0.2) is 9.42 Å². The number of benzene rings is 2. The fourth-order valence-corrected chi connectivity index (χ4v) is 4.27. The Bertz CT molecular complexity index is 1120. The molecule has 0 spiro atoms. The van der Waals surface area contributed by atoms with Gasteiger partial charge in [0, 0.05) is 11.1 Å². The second-order valence-corrected chi connectivity index (χ2v) is 7.89. The highest BCUT2D eigenvalue weighted by atomic mass is 16.6. The van der Waals surface area contributed by atoms with Gasteiger partial charge in [-0.05, 0) is 64.6 Å². The highest BCUT2D eigenvalue weighted by Gasteiger charge is 2.27. The zero-order valence-electron chi connectivity index (χ0n) is 17.3. The number of carbonyl (C=O) groups excluding carboxylic acids is 1. The molecule has 160 valence electrons. The van der Waals surface area contributed by atoms with Crippen LogP contribution >= 0.6 is 0 Å². The minimum atomic E-state index is -1.14. The van der Waals surface area contributed by atoms with Gasteiger partial charge in [-0.15, -0.1) is 0 Å². The van der Waals surface area contributed by atoms with E-state index < -0.39 is 5.97 Å². The highest BCUT2D eigenvalue weighted by molar-refractivity contribution is 6.26. The molecular weight excluding hydrogens is 396 g/mol. The Balaban J connectivity index is 1.82. The van der Waals surface area contributed by atoms with Crippen LogP contribution in [-0.4, -0.2) is 34.3 Å². The Labute approximate surface area is 179 Å². The Hall–Kier alpha value is -3.48. The standard InChI is InChI=1S/C24H24N2O5/c1-30-18-10-7-16(8-11-18)23(27)19(13-15-5-3-2-4-6-15)22(24(28)29)17-9-12-20-21(14-17)26-31-25-20/h7-12,14-15H,2-6,13H2,1H3,(H,28,29)/b22-19+. The molecule has 1 aliphatic carbocycles. The lowest BCUT2D eigenvalue weighted by atomic mass is 9.81. The van der Waals surface area contributed by atoms with Gasteiger partial charge in [-0.3, -0.25) is 4.79 Å². The molecule has 0 amide bonds. The molecule has 2 aromatic carbocycles. The minimum absolute atomic E-state index is 0.0105. The van der Waals surface area contributed by atoms with Crippen LogP contribution in [0.1, 0.15) is 54.4 Å². The van der Waals surface area contributed by atoms with Gasteiger partial charge in [0.05, 0.1) is 12.7 Å². The fraction of sp³-hybridized carbons (Fsp3) is 0.333. The van der Waals surface area contributed by atoms with Gasteiger partial charge < -0.3 is 9.84 Å². The van der Waals surface area contributed by atoms with E-state index in [0.717, 1.165) is 25.7 Å². The van der Waals surface area contributed by atoms with Crippen molar-refractivity contribution in [2.75, 3.05) is 7.11 Å². The van der Waals surface area contributed by atoms with Crippen molar-refractivity contribution >= 4 is 28.4 Å². The number of aromatic nitrogens is 2. The summed E-state index contributed by atoms with van der Waals surface area (Å²) in [5.41, 5.74) is 2.17. The maximum Gasteiger partial charge on any atom is 0.336 e. The third kappa shape index (κ3) is 4.50. The number of ether oxygens (including phenoxy) is 1. The van der Waals surface area contributed by atoms with Crippen molar-refractivity contribution < 1.29 is 24.1 Å². The number of Topliss-reactive ketones (excluding diaryl/α,β-unsaturated/α-hetero) is 1. The average molecular weight is 420 g/mol. The number of carboxylic acids is 1. The van der Waals surface area contributed by atoms with Crippen molar-refractivity contribution in [1.82, 2.24) is 10.3 Å². The summed E-state index contributed by atoms with van der Waals surface area (Å²) in [6.07, 6.45) is 5.82. The second kappa shape index (κ2) is 9.12. The number of carbonyl (C=O) groups is 2. The van der Waals surface area contributed by atoms with Crippen LogP contribution in [-0.2, 0) is 4.79 Å². The summed E-state index contributed by atoms with van der Waals surface area (Å²) in [5, 5.41) is 17.7. The van der Waals surface area contributed by atoms with Crippen molar-refractivity contribution in [3.63, 3.8) is 0 Å². The third-order valence-electron chi connectivity index (χ3n) is 5.90. The van der Waals surface area contributed by atoms with Crippen LogP contribution in [0.5, 0.6) is 5.75 Å². The van der Waals surface area contributed by atoms with Crippen LogP contribution in [0.4, 0.5) is 0 Å². The van der Waals surface area contributed by atoms with E-state index in [1.165, 1.54) is 6.42 Å². The quantitative estimate of drug-likeness (QED) is 0.427. The van der Waals surface area contributed by atoms with E-state index in [1.54, 1.807) is 49.6 Å². The first kappa shape index (κ1) is 20.8. The van der Waals surface area contributed by atoms with Crippen molar-refractivity contribution in [1.29, 1.82) is 0 Å². The normalized spacial score (nSPS) is 15.5. The smallest absolute Gasteiger partial charge is 0.336 e.